The SMILES string of the molecule is CC1(C)C2CC[C@@]1(C)C(N)(O)C2. The van der Waals surface area contributed by atoms with Gasteiger partial charge in [-0.15, -0.1) is 0 Å². The van der Waals surface area contributed by atoms with Gasteiger partial charge in [0.1, 0.15) is 5.72 Å². The maximum atomic E-state index is 10.1. The van der Waals surface area contributed by atoms with Crippen molar-refractivity contribution in [3.8, 4) is 0 Å². The Kier molecular flexibility index (Phi) is 1.33. The van der Waals surface area contributed by atoms with Crippen molar-refractivity contribution in [1.82, 2.24) is 0 Å². The molecule has 3 atom stereocenters. The molecule has 3 N–H and O–H groups in total. The smallest absolute Gasteiger partial charge is 0.119 e. The van der Waals surface area contributed by atoms with Crippen molar-refractivity contribution < 1.29 is 5.11 Å². The van der Waals surface area contributed by atoms with Gasteiger partial charge in [0.15, 0.2) is 0 Å². The summed E-state index contributed by atoms with van der Waals surface area (Å²) in [7, 11) is 0. The molecule has 2 nitrogen and oxygen atoms in total. The summed E-state index contributed by atoms with van der Waals surface area (Å²) in [6.07, 6.45) is 3.11. The van der Waals surface area contributed by atoms with Crippen LogP contribution in [-0.4, -0.2) is 10.8 Å². The van der Waals surface area contributed by atoms with Gasteiger partial charge < -0.3 is 10.8 Å². The van der Waals surface area contributed by atoms with Crippen molar-refractivity contribution in [2.75, 3.05) is 0 Å². The number of rotatable bonds is 0. The normalized spacial score (nSPS) is 56.2. The lowest BCUT2D eigenvalue weighted by Gasteiger charge is -2.42. The average Bonchev–Trinajstić information content (AvgIpc) is 2.18. The second-order valence-electron chi connectivity index (χ2n) is 5.42. The van der Waals surface area contributed by atoms with Crippen LogP contribution in [0, 0.1) is 16.7 Å². The van der Waals surface area contributed by atoms with Crippen LogP contribution in [0.25, 0.3) is 0 Å². The largest absolute Gasteiger partial charge is 0.375 e. The molecule has 2 bridgehead atoms. The van der Waals surface area contributed by atoms with Gasteiger partial charge in [-0.25, -0.2) is 0 Å². The van der Waals surface area contributed by atoms with E-state index >= 15 is 0 Å². The molecule has 0 heterocycles. The van der Waals surface area contributed by atoms with E-state index in [4.69, 9.17) is 5.73 Å². The van der Waals surface area contributed by atoms with Crippen LogP contribution in [0.4, 0.5) is 0 Å². The zero-order chi connectivity index (χ0) is 9.20. The Bertz CT molecular complexity index is 222. The van der Waals surface area contributed by atoms with Gasteiger partial charge in [0, 0.05) is 5.41 Å². The van der Waals surface area contributed by atoms with Crippen LogP contribution in [0.15, 0.2) is 0 Å². The maximum absolute atomic E-state index is 10.1. The topological polar surface area (TPSA) is 46.2 Å². The highest BCUT2D eigenvalue weighted by molar-refractivity contribution is 5.15. The van der Waals surface area contributed by atoms with E-state index in [9.17, 15) is 5.11 Å². The van der Waals surface area contributed by atoms with Crippen LogP contribution in [0.2, 0.25) is 0 Å². The molecule has 0 aromatic rings. The molecule has 0 aromatic heterocycles. The van der Waals surface area contributed by atoms with E-state index in [1.807, 2.05) is 0 Å². The zero-order valence-electron chi connectivity index (χ0n) is 8.22. The van der Waals surface area contributed by atoms with Gasteiger partial charge in [0.25, 0.3) is 0 Å². The predicted octanol–water partition coefficient (Wildman–Crippen LogP) is 1.48. The third kappa shape index (κ3) is 0.647. The van der Waals surface area contributed by atoms with Gasteiger partial charge in [0.2, 0.25) is 0 Å². The molecule has 2 fully saturated rings. The molecule has 2 heteroatoms. The van der Waals surface area contributed by atoms with E-state index in [-0.39, 0.29) is 10.8 Å². The molecule has 0 aliphatic heterocycles. The summed E-state index contributed by atoms with van der Waals surface area (Å²) in [6, 6.07) is 0. The van der Waals surface area contributed by atoms with E-state index in [1.165, 1.54) is 6.42 Å². The van der Waals surface area contributed by atoms with E-state index in [0.29, 0.717) is 5.92 Å². The van der Waals surface area contributed by atoms with E-state index in [2.05, 4.69) is 20.8 Å². The lowest BCUT2D eigenvalue weighted by molar-refractivity contribution is -0.0844. The van der Waals surface area contributed by atoms with Crippen molar-refractivity contribution in [2.24, 2.45) is 22.5 Å². The van der Waals surface area contributed by atoms with Crippen molar-refractivity contribution in [2.45, 2.75) is 45.8 Å². The molecular formula is C10H19NO. The summed E-state index contributed by atoms with van der Waals surface area (Å²) < 4.78 is 0. The zero-order valence-corrected chi connectivity index (χ0v) is 8.22. The lowest BCUT2D eigenvalue weighted by atomic mass is 9.68. The van der Waals surface area contributed by atoms with Gasteiger partial charge in [-0.05, 0) is 30.6 Å². The molecule has 2 rings (SSSR count). The van der Waals surface area contributed by atoms with Crippen LogP contribution in [0.1, 0.15) is 40.0 Å². The first-order valence-electron chi connectivity index (χ1n) is 4.82. The Morgan fingerprint density at radius 1 is 1.33 bits per heavy atom. The number of hydrogen-bond donors (Lipinski definition) is 2. The van der Waals surface area contributed by atoms with Crippen molar-refractivity contribution in [3.63, 3.8) is 0 Å². The van der Waals surface area contributed by atoms with Crippen LogP contribution < -0.4 is 5.73 Å². The minimum Gasteiger partial charge on any atom is -0.375 e. The van der Waals surface area contributed by atoms with Crippen LogP contribution in [0.5, 0.6) is 0 Å². The Balaban J connectivity index is 2.47. The first kappa shape index (κ1) is 8.52. The molecule has 12 heavy (non-hydrogen) atoms. The fourth-order valence-corrected chi connectivity index (χ4v) is 3.33. The third-order valence-electron chi connectivity index (χ3n) is 4.95. The second-order valence-corrected chi connectivity index (χ2v) is 5.42. The van der Waals surface area contributed by atoms with Crippen LogP contribution >= 0.6 is 0 Å². The van der Waals surface area contributed by atoms with Crippen LogP contribution in [0.3, 0.4) is 0 Å². The minimum absolute atomic E-state index is 0.0648. The standard InChI is InChI=1S/C10H19NO/c1-8(2)7-4-5-9(8,3)10(11,12)6-7/h7,12H,4-6,11H2,1-3H3/t7?,9-,10?/m1/s1. The molecule has 2 unspecified atom stereocenters. The van der Waals surface area contributed by atoms with Crippen LogP contribution in [-0.2, 0) is 0 Å². The summed E-state index contributed by atoms with van der Waals surface area (Å²) in [5, 5.41) is 10.1. The Hall–Kier alpha value is -0.0800. The predicted molar refractivity (Wildman–Crippen MR) is 48.4 cm³/mol. The summed E-state index contributed by atoms with van der Waals surface area (Å²) >= 11 is 0. The molecule has 0 amide bonds. The fraction of sp³-hybridized carbons (Fsp3) is 1.00. The first-order chi connectivity index (χ1) is 5.31. The maximum Gasteiger partial charge on any atom is 0.119 e. The number of hydrogen-bond acceptors (Lipinski definition) is 2. The molecule has 2 saturated carbocycles. The Morgan fingerprint density at radius 2 is 1.92 bits per heavy atom. The Morgan fingerprint density at radius 3 is 2.08 bits per heavy atom. The highest BCUT2D eigenvalue weighted by atomic mass is 16.3. The molecule has 0 aromatic carbocycles. The van der Waals surface area contributed by atoms with Crippen molar-refractivity contribution >= 4 is 0 Å². The summed E-state index contributed by atoms with van der Waals surface area (Å²) in [5.74, 6) is 0.623. The third-order valence-corrected chi connectivity index (χ3v) is 4.95. The second kappa shape index (κ2) is 1.88. The van der Waals surface area contributed by atoms with Gasteiger partial charge in [-0.1, -0.05) is 20.8 Å². The van der Waals surface area contributed by atoms with Gasteiger partial charge >= 0.3 is 0 Å². The highest BCUT2D eigenvalue weighted by Crippen LogP contribution is 2.67. The molecule has 2 aliphatic carbocycles. The number of nitrogens with two attached hydrogens (primary N) is 1. The number of aliphatic hydroxyl groups is 1. The minimum atomic E-state index is -0.917. The lowest BCUT2D eigenvalue weighted by Crippen LogP contribution is -2.54. The molecular weight excluding hydrogens is 150 g/mol. The monoisotopic (exact) mass is 169 g/mol. The summed E-state index contributed by atoms with van der Waals surface area (Å²) in [5.41, 5.74) is 5.17. The van der Waals surface area contributed by atoms with E-state index < -0.39 is 5.72 Å². The molecule has 70 valence electrons. The fourth-order valence-electron chi connectivity index (χ4n) is 3.33. The summed E-state index contributed by atoms with van der Waals surface area (Å²) in [6.45, 7) is 6.63. The van der Waals surface area contributed by atoms with Gasteiger partial charge in [-0.2, -0.15) is 0 Å². The first-order valence-corrected chi connectivity index (χ1v) is 4.82. The average molecular weight is 169 g/mol. The van der Waals surface area contributed by atoms with Gasteiger partial charge in [-0.3, -0.25) is 0 Å². The van der Waals surface area contributed by atoms with E-state index in [0.717, 1.165) is 12.8 Å². The Labute approximate surface area is 74.1 Å². The highest BCUT2D eigenvalue weighted by Gasteiger charge is 2.67. The molecule has 0 radical (unpaired) electrons. The van der Waals surface area contributed by atoms with Gasteiger partial charge in [0.05, 0.1) is 0 Å². The molecule has 2 aliphatic rings. The van der Waals surface area contributed by atoms with E-state index in [1.54, 1.807) is 0 Å². The number of fused-ring (bicyclic) bond motifs is 2. The molecule has 0 saturated heterocycles. The summed E-state index contributed by atoms with van der Waals surface area (Å²) in [4.78, 5) is 0. The van der Waals surface area contributed by atoms with Crippen molar-refractivity contribution in [3.05, 3.63) is 0 Å². The quantitative estimate of drug-likeness (QED) is 0.539. The molecule has 0 spiro atoms. The van der Waals surface area contributed by atoms with Crippen molar-refractivity contribution in [1.29, 1.82) is 0 Å².